The van der Waals surface area contributed by atoms with Crippen LogP contribution in [0.4, 0.5) is 27.7 Å². The van der Waals surface area contributed by atoms with E-state index < -0.39 is 0 Å². The third-order valence-electron chi connectivity index (χ3n) is 6.95. The lowest BCUT2D eigenvalue weighted by atomic mass is 10.1. The molecule has 47 heavy (non-hydrogen) atoms. The quantitative estimate of drug-likeness (QED) is 0.166. The van der Waals surface area contributed by atoms with Crippen molar-refractivity contribution in [3.8, 4) is 22.5 Å². The van der Waals surface area contributed by atoms with E-state index in [0.29, 0.717) is 34.1 Å². The molecule has 5 aromatic heterocycles. The van der Waals surface area contributed by atoms with Crippen LogP contribution in [-0.2, 0) is 0 Å². The average molecular weight is 642 g/mol. The van der Waals surface area contributed by atoms with Crippen molar-refractivity contribution in [2.75, 3.05) is 10.6 Å². The first-order valence-corrected chi connectivity index (χ1v) is 14.8. The zero-order valence-corrected chi connectivity index (χ0v) is 25.6. The number of aromatic amines is 1. The van der Waals surface area contributed by atoms with Crippen LogP contribution in [0.25, 0.3) is 39.3 Å². The zero-order valence-electron chi connectivity index (χ0n) is 24.8. The number of fused-ring (bicyclic) bond motifs is 2. The molecule has 0 fully saturated rings. The Labute approximate surface area is 272 Å². The van der Waals surface area contributed by atoms with Gasteiger partial charge in [-0.25, -0.2) is 39.3 Å². The Morgan fingerprint density at radius 1 is 0.745 bits per heavy atom. The van der Waals surface area contributed by atoms with Gasteiger partial charge in [-0.3, -0.25) is 4.40 Å². The molecule has 8 aromatic rings. The number of rotatable bonds is 6. The zero-order chi connectivity index (χ0) is 32.2. The molecule has 13 heteroatoms. The van der Waals surface area contributed by atoms with Gasteiger partial charge >= 0.3 is 0 Å². The third-order valence-corrected chi connectivity index (χ3v) is 7.17. The molecule has 0 saturated heterocycles. The van der Waals surface area contributed by atoms with E-state index in [1.54, 1.807) is 49.3 Å². The topological polar surface area (TPSA) is 134 Å². The highest BCUT2D eigenvalue weighted by molar-refractivity contribution is 6.30. The molecular formula is C34H25ClFN11. The standard InChI is InChI=1S/C18H14ClN5.C16H11FN6/c1-11-6-13(19)9-14(7-11)23-18-20-5-4-15(24-18)12-2-3-16-17(8-12)22-10-21-16;17-12-2-1-3-13(8-12)21-15-18-5-4-14(22-15)11-9-20-16-19-6-7-23(16)10-11/h2-10H,1H3,(H,21,22)(H,20,23,24);1-10H,(H,18,21,22). The maximum absolute atomic E-state index is 13.2. The second kappa shape index (κ2) is 13.0. The van der Waals surface area contributed by atoms with Crippen LogP contribution in [0.5, 0.6) is 0 Å². The number of halogens is 2. The Hall–Kier alpha value is -6.27. The molecule has 5 heterocycles. The summed E-state index contributed by atoms with van der Waals surface area (Å²) in [5.74, 6) is 1.22. The fourth-order valence-electron chi connectivity index (χ4n) is 4.84. The first-order chi connectivity index (χ1) is 22.9. The van der Waals surface area contributed by atoms with E-state index >= 15 is 0 Å². The Balaban J connectivity index is 0.000000150. The van der Waals surface area contributed by atoms with Gasteiger partial charge in [-0.2, -0.15) is 0 Å². The van der Waals surface area contributed by atoms with E-state index in [4.69, 9.17) is 11.6 Å². The second-order valence-corrected chi connectivity index (χ2v) is 10.9. The van der Waals surface area contributed by atoms with Gasteiger partial charge in [-0.05, 0) is 73.2 Å². The van der Waals surface area contributed by atoms with Crippen LogP contribution in [0.3, 0.4) is 0 Å². The molecule has 230 valence electrons. The van der Waals surface area contributed by atoms with Crippen LogP contribution < -0.4 is 10.6 Å². The van der Waals surface area contributed by atoms with Crippen LogP contribution in [-0.4, -0.2) is 44.3 Å². The Morgan fingerprint density at radius 2 is 1.53 bits per heavy atom. The van der Waals surface area contributed by atoms with Gasteiger partial charge in [0.15, 0.2) is 0 Å². The van der Waals surface area contributed by atoms with Crippen LogP contribution in [0.1, 0.15) is 5.56 Å². The van der Waals surface area contributed by atoms with E-state index in [-0.39, 0.29) is 5.82 Å². The molecule has 0 atom stereocenters. The predicted octanol–water partition coefficient (Wildman–Crippen LogP) is 7.79. The van der Waals surface area contributed by atoms with Gasteiger partial charge in [0.1, 0.15) is 5.82 Å². The summed E-state index contributed by atoms with van der Waals surface area (Å²) < 4.78 is 15.1. The average Bonchev–Trinajstić information content (AvgIpc) is 3.74. The highest BCUT2D eigenvalue weighted by Gasteiger charge is 2.07. The fraction of sp³-hybridized carbons (Fsp3) is 0.0294. The minimum absolute atomic E-state index is 0.319. The van der Waals surface area contributed by atoms with E-state index in [1.165, 1.54) is 12.1 Å². The van der Waals surface area contributed by atoms with Crippen molar-refractivity contribution in [2.45, 2.75) is 6.92 Å². The van der Waals surface area contributed by atoms with Crippen molar-refractivity contribution < 1.29 is 4.39 Å². The number of hydrogen-bond acceptors (Lipinski definition) is 9. The van der Waals surface area contributed by atoms with Crippen molar-refractivity contribution in [3.63, 3.8) is 0 Å². The molecule has 0 aliphatic carbocycles. The lowest BCUT2D eigenvalue weighted by Gasteiger charge is -2.08. The number of anilines is 4. The minimum atomic E-state index is -0.319. The smallest absolute Gasteiger partial charge is 0.233 e. The fourth-order valence-corrected chi connectivity index (χ4v) is 5.13. The van der Waals surface area contributed by atoms with Gasteiger partial charge in [0.05, 0.1) is 28.7 Å². The van der Waals surface area contributed by atoms with Crippen molar-refractivity contribution in [3.05, 3.63) is 133 Å². The summed E-state index contributed by atoms with van der Waals surface area (Å²) in [6.45, 7) is 1.99. The molecule has 3 N–H and O–H groups in total. The van der Waals surface area contributed by atoms with Crippen LogP contribution in [0.15, 0.2) is 116 Å². The summed E-state index contributed by atoms with van der Waals surface area (Å²) >= 11 is 6.10. The van der Waals surface area contributed by atoms with Gasteiger partial charge in [0.2, 0.25) is 17.7 Å². The maximum Gasteiger partial charge on any atom is 0.233 e. The molecule has 0 saturated carbocycles. The Morgan fingerprint density at radius 3 is 2.32 bits per heavy atom. The van der Waals surface area contributed by atoms with Gasteiger partial charge in [-0.15, -0.1) is 0 Å². The number of aryl methyl sites for hydroxylation is 1. The highest BCUT2D eigenvalue weighted by Crippen LogP contribution is 2.25. The molecule has 0 spiro atoms. The van der Waals surface area contributed by atoms with Crippen LogP contribution in [0, 0.1) is 12.7 Å². The molecular weight excluding hydrogens is 617 g/mol. The minimum Gasteiger partial charge on any atom is -0.345 e. The molecule has 0 bridgehead atoms. The first-order valence-electron chi connectivity index (χ1n) is 14.4. The number of hydrogen-bond donors (Lipinski definition) is 3. The number of imidazole rings is 2. The van der Waals surface area contributed by atoms with E-state index in [2.05, 4.69) is 50.5 Å². The van der Waals surface area contributed by atoms with Crippen LogP contribution >= 0.6 is 11.6 Å². The van der Waals surface area contributed by atoms with Crippen molar-refractivity contribution in [1.82, 2.24) is 44.3 Å². The first kappa shape index (κ1) is 29.4. The molecule has 0 unspecified atom stereocenters. The monoisotopic (exact) mass is 641 g/mol. The summed E-state index contributed by atoms with van der Waals surface area (Å²) in [4.78, 5) is 33.2. The van der Waals surface area contributed by atoms with Crippen molar-refractivity contribution in [1.29, 1.82) is 0 Å². The maximum atomic E-state index is 13.2. The van der Waals surface area contributed by atoms with Crippen molar-refractivity contribution in [2.24, 2.45) is 0 Å². The number of nitrogens with one attached hydrogen (secondary N) is 3. The Kier molecular flexibility index (Phi) is 8.14. The van der Waals surface area contributed by atoms with Crippen LogP contribution in [0.2, 0.25) is 5.02 Å². The second-order valence-electron chi connectivity index (χ2n) is 10.4. The SMILES string of the molecule is Cc1cc(Cl)cc(Nc2nccc(-c3ccc4nc[nH]c4c3)n2)c1.Fc1cccc(Nc2nccc(-c3cnc4nccn4c3)n2)c1. The molecule has 11 nitrogen and oxygen atoms in total. The number of H-pyrrole nitrogens is 1. The molecule has 0 aliphatic rings. The summed E-state index contributed by atoms with van der Waals surface area (Å²) in [7, 11) is 0. The van der Waals surface area contributed by atoms with Gasteiger partial charge in [-0.1, -0.05) is 23.7 Å². The van der Waals surface area contributed by atoms with Gasteiger partial charge < -0.3 is 15.6 Å². The lowest BCUT2D eigenvalue weighted by Crippen LogP contribution is -1.99. The van der Waals surface area contributed by atoms with Gasteiger partial charge in [0.25, 0.3) is 0 Å². The predicted molar refractivity (Wildman–Crippen MR) is 180 cm³/mol. The number of nitrogens with zero attached hydrogens (tertiary/aromatic N) is 8. The molecule has 0 radical (unpaired) electrons. The Bertz CT molecular complexity index is 2320. The summed E-state index contributed by atoms with van der Waals surface area (Å²) in [5.41, 5.74) is 7.81. The van der Waals surface area contributed by atoms with Gasteiger partial charge in [0, 0.05) is 64.7 Å². The number of aromatic nitrogens is 9. The van der Waals surface area contributed by atoms with E-state index in [1.807, 2.05) is 66.2 Å². The lowest BCUT2D eigenvalue weighted by molar-refractivity contribution is 0.628. The summed E-state index contributed by atoms with van der Waals surface area (Å²) in [6.07, 6.45) is 12.2. The third kappa shape index (κ3) is 7.02. The molecule has 0 amide bonds. The van der Waals surface area contributed by atoms with E-state index in [9.17, 15) is 4.39 Å². The van der Waals surface area contributed by atoms with E-state index in [0.717, 1.165) is 39.1 Å². The highest BCUT2D eigenvalue weighted by atomic mass is 35.5. The molecule has 0 aliphatic heterocycles. The number of benzene rings is 3. The van der Waals surface area contributed by atoms with Crippen molar-refractivity contribution >= 4 is 51.7 Å². The summed E-state index contributed by atoms with van der Waals surface area (Å²) in [5, 5.41) is 6.87. The largest absolute Gasteiger partial charge is 0.345 e. The summed E-state index contributed by atoms with van der Waals surface area (Å²) in [6, 6.07) is 21.6. The normalized spacial score (nSPS) is 10.9. The molecule has 8 rings (SSSR count). The molecule has 3 aromatic carbocycles.